The van der Waals surface area contributed by atoms with Crippen LogP contribution in [0.15, 0.2) is 24.5 Å². The molecule has 0 bridgehead atoms. The molecule has 10 heavy (non-hydrogen) atoms. The van der Waals surface area contributed by atoms with Gasteiger partial charge in [0.25, 0.3) is 0 Å². The highest BCUT2D eigenvalue weighted by Crippen LogP contribution is 2.00. The zero-order chi connectivity index (χ0) is 7.66. The molecule has 0 aliphatic heterocycles. The summed E-state index contributed by atoms with van der Waals surface area (Å²) in [6.07, 6.45) is 11.2. The van der Waals surface area contributed by atoms with E-state index in [0.29, 0.717) is 0 Å². The Hall–Kier alpha value is -0.720. The van der Waals surface area contributed by atoms with Gasteiger partial charge in [-0.25, -0.2) is 0 Å². The average Bonchev–Trinajstić information content (AvgIpc) is 1.97. The first-order valence-electron chi connectivity index (χ1n) is 3.80. The van der Waals surface area contributed by atoms with Crippen molar-refractivity contribution in [1.29, 1.82) is 0 Å². The van der Waals surface area contributed by atoms with Crippen LogP contribution in [0.4, 0.5) is 0 Å². The van der Waals surface area contributed by atoms with Gasteiger partial charge in [-0.15, -0.1) is 0 Å². The summed E-state index contributed by atoms with van der Waals surface area (Å²) >= 11 is 0. The normalized spacial score (nSPS) is 11.7. The number of unbranched alkanes of at least 4 members (excludes halogenated alkanes) is 3. The standard InChI is InChI=1S/C9H15O/c1-2-3-4-5-6-7-8-9-10/h2-3,8-9H,4-7H2,1H3. The second-order valence-corrected chi connectivity index (χ2v) is 2.23. The van der Waals surface area contributed by atoms with Crippen LogP contribution in [0.5, 0.6) is 0 Å². The van der Waals surface area contributed by atoms with Crippen LogP contribution < -0.4 is 0 Å². The summed E-state index contributed by atoms with van der Waals surface area (Å²) in [5.41, 5.74) is 0. The van der Waals surface area contributed by atoms with E-state index >= 15 is 0 Å². The van der Waals surface area contributed by atoms with Gasteiger partial charge in [-0.1, -0.05) is 12.2 Å². The van der Waals surface area contributed by atoms with Crippen molar-refractivity contribution < 1.29 is 5.11 Å². The van der Waals surface area contributed by atoms with Gasteiger partial charge in [-0.2, -0.15) is 0 Å². The summed E-state index contributed by atoms with van der Waals surface area (Å²) in [6.45, 7) is 2.03. The van der Waals surface area contributed by atoms with Gasteiger partial charge in [-0.3, -0.25) is 5.11 Å². The van der Waals surface area contributed by atoms with E-state index < -0.39 is 0 Å². The summed E-state index contributed by atoms with van der Waals surface area (Å²) in [6, 6.07) is 0. The number of hydrogen-bond donors (Lipinski definition) is 0. The predicted molar refractivity (Wildman–Crippen MR) is 43.1 cm³/mol. The van der Waals surface area contributed by atoms with Gasteiger partial charge in [0.15, 0.2) is 0 Å². The fraction of sp³-hybridized carbons (Fsp3) is 0.556. The van der Waals surface area contributed by atoms with Gasteiger partial charge in [0.05, 0.1) is 0 Å². The summed E-state index contributed by atoms with van der Waals surface area (Å²) < 4.78 is 0. The first-order chi connectivity index (χ1) is 4.91. The largest absolute Gasteiger partial charge is 0.299 e. The SMILES string of the molecule is CC=CCCCCC=C[O]. The minimum absolute atomic E-state index is 0.871. The molecule has 0 fully saturated rings. The summed E-state index contributed by atoms with van der Waals surface area (Å²) in [5, 5.41) is 9.82. The molecule has 0 saturated carbocycles. The Bertz CT molecular complexity index is 89.3. The topological polar surface area (TPSA) is 19.9 Å². The lowest BCUT2D eigenvalue weighted by molar-refractivity contribution is 0.349. The zero-order valence-corrected chi connectivity index (χ0v) is 6.55. The fourth-order valence-corrected chi connectivity index (χ4v) is 0.759. The van der Waals surface area contributed by atoms with Crippen LogP contribution in [0.1, 0.15) is 32.6 Å². The Balaban J connectivity index is 2.90. The van der Waals surface area contributed by atoms with Gasteiger partial charge in [0.2, 0.25) is 0 Å². The smallest absolute Gasteiger partial charge is 0.138 e. The Kier molecular flexibility index (Phi) is 7.68. The molecule has 0 amide bonds. The third kappa shape index (κ3) is 7.28. The van der Waals surface area contributed by atoms with Crippen molar-refractivity contribution >= 4 is 0 Å². The predicted octanol–water partition coefficient (Wildman–Crippen LogP) is 3.07. The van der Waals surface area contributed by atoms with Crippen LogP contribution >= 0.6 is 0 Å². The first-order valence-corrected chi connectivity index (χ1v) is 3.80. The number of rotatable bonds is 5. The summed E-state index contributed by atoms with van der Waals surface area (Å²) in [7, 11) is 0. The van der Waals surface area contributed by atoms with E-state index in [1.165, 1.54) is 6.42 Å². The van der Waals surface area contributed by atoms with E-state index in [1.807, 2.05) is 6.92 Å². The minimum atomic E-state index is 0.871. The van der Waals surface area contributed by atoms with Gasteiger partial charge in [0.1, 0.15) is 6.26 Å². The Morgan fingerprint density at radius 1 is 1.10 bits per heavy atom. The second-order valence-electron chi connectivity index (χ2n) is 2.23. The molecule has 0 aromatic rings. The van der Waals surface area contributed by atoms with Crippen molar-refractivity contribution in [1.82, 2.24) is 0 Å². The van der Waals surface area contributed by atoms with Crippen LogP contribution in [0.25, 0.3) is 0 Å². The quantitative estimate of drug-likeness (QED) is 0.317. The molecule has 0 unspecified atom stereocenters. The third-order valence-corrected chi connectivity index (χ3v) is 1.32. The molecule has 0 saturated heterocycles. The molecule has 0 atom stereocenters. The molecule has 1 radical (unpaired) electrons. The maximum Gasteiger partial charge on any atom is 0.138 e. The molecule has 0 aliphatic rings. The molecule has 1 nitrogen and oxygen atoms in total. The lowest BCUT2D eigenvalue weighted by Crippen LogP contribution is -1.71. The first kappa shape index (κ1) is 9.28. The molecule has 0 rings (SSSR count). The van der Waals surface area contributed by atoms with Gasteiger partial charge < -0.3 is 0 Å². The molecular weight excluding hydrogens is 124 g/mol. The fourth-order valence-electron chi connectivity index (χ4n) is 0.759. The van der Waals surface area contributed by atoms with Gasteiger partial charge in [-0.05, 0) is 38.7 Å². The van der Waals surface area contributed by atoms with Gasteiger partial charge in [0, 0.05) is 0 Å². The lowest BCUT2D eigenvalue weighted by atomic mass is 10.2. The molecule has 1 heteroatoms. The maximum absolute atomic E-state index is 9.82. The average molecular weight is 139 g/mol. The molecular formula is C9H15O. The zero-order valence-electron chi connectivity index (χ0n) is 6.55. The highest BCUT2D eigenvalue weighted by atomic mass is 16.2. The van der Waals surface area contributed by atoms with Crippen molar-refractivity contribution in [2.24, 2.45) is 0 Å². The van der Waals surface area contributed by atoms with E-state index in [2.05, 4.69) is 12.2 Å². The van der Waals surface area contributed by atoms with E-state index in [9.17, 15) is 5.11 Å². The van der Waals surface area contributed by atoms with Crippen LogP contribution in [-0.2, 0) is 5.11 Å². The summed E-state index contributed by atoms with van der Waals surface area (Å²) in [5.74, 6) is 0. The van der Waals surface area contributed by atoms with Gasteiger partial charge >= 0.3 is 0 Å². The monoisotopic (exact) mass is 139 g/mol. The number of hydrogen-bond acceptors (Lipinski definition) is 0. The molecule has 0 aromatic heterocycles. The lowest BCUT2D eigenvalue weighted by Gasteiger charge is -1.90. The van der Waals surface area contributed by atoms with Crippen molar-refractivity contribution in [3.8, 4) is 0 Å². The highest BCUT2D eigenvalue weighted by Gasteiger charge is 1.81. The minimum Gasteiger partial charge on any atom is -0.299 e. The Morgan fingerprint density at radius 3 is 2.20 bits per heavy atom. The third-order valence-electron chi connectivity index (χ3n) is 1.32. The van der Waals surface area contributed by atoms with E-state index in [4.69, 9.17) is 0 Å². The molecule has 0 spiro atoms. The Labute approximate surface area is 63.1 Å². The van der Waals surface area contributed by atoms with Crippen LogP contribution in [0, 0.1) is 0 Å². The number of allylic oxidation sites excluding steroid dienone is 3. The molecule has 57 valence electrons. The second kappa shape index (κ2) is 8.28. The van der Waals surface area contributed by atoms with Crippen molar-refractivity contribution in [2.75, 3.05) is 0 Å². The molecule has 0 heterocycles. The highest BCUT2D eigenvalue weighted by molar-refractivity contribution is 4.77. The van der Waals surface area contributed by atoms with E-state index in [0.717, 1.165) is 25.5 Å². The van der Waals surface area contributed by atoms with E-state index in [1.54, 1.807) is 6.08 Å². The van der Waals surface area contributed by atoms with Crippen molar-refractivity contribution in [3.63, 3.8) is 0 Å². The van der Waals surface area contributed by atoms with Crippen molar-refractivity contribution in [3.05, 3.63) is 24.5 Å². The molecule has 0 aliphatic carbocycles. The van der Waals surface area contributed by atoms with Crippen LogP contribution in [-0.4, -0.2) is 0 Å². The Morgan fingerprint density at radius 2 is 1.70 bits per heavy atom. The van der Waals surface area contributed by atoms with Crippen LogP contribution in [0.3, 0.4) is 0 Å². The molecule has 0 aromatic carbocycles. The van der Waals surface area contributed by atoms with Crippen molar-refractivity contribution in [2.45, 2.75) is 32.6 Å². The summed E-state index contributed by atoms with van der Waals surface area (Å²) in [4.78, 5) is 0. The van der Waals surface area contributed by atoms with Crippen LogP contribution in [0.2, 0.25) is 0 Å². The van der Waals surface area contributed by atoms with E-state index in [-0.39, 0.29) is 0 Å². The maximum atomic E-state index is 9.82. The molecule has 0 N–H and O–H groups in total.